The average molecular weight is 417 g/mol. The first kappa shape index (κ1) is 23.7. The minimum absolute atomic E-state index is 0.206. The van der Waals surface area contributed by atoms with E-state index in [2.05, 4.69) is 25.3 Å². The summed E-state index contributed by atoms with van der Waals surface area (Å²) in [5.41, 5.74) is 1.67. The van der Waals surface area contributed by atoms with E-state index >= 15 is 0 Å². The van der Waals surface area contributed by atoms with Crippen LogP contribution in [0.25, 0.3) is 0 Å². The number of hydrogen-bond donors (Lipinski definition) is 0. The van der Waals surface area contributed by atoms with E-state index in [1.807, 2.05) is 19.1 Å². The Morgan fingerprint density at radius 3 is 2.37 bits per heavy atom. The van der Waals surface area contributed by atoms with Gasteiger partial charge in [-0.25, -0.2) is 9.59 Å². The van der Waals surface area contributed by atoms with Crippen molar-refractivity contribution in [1.29, 1.82) is 0 Å². The monoisotopic (exact) mass is 416 g/mol. The third kappa shape index (κ3) is 7.67. The van der Waals surface area contributed by atoms with Crippen molar-refractivity contribution in [3.05, 3.63) is 54.6 Å². The fourth-order valence-corrected chi connectivity index (χ4v) is 3.37. The van der Waals surface area contributed by atoms with Crippen LogP contribution in [0, 0.1) is 0 Å². The summed E-state index contributed by atoms with van der Waals surface area (Å²) in [5.74, 6) is 0.287. The second kappa shape index (κ2) is 12.2. The molecule has 1 aliphatic rings. The lowest BCUT2D eigenvalue weighted by Gasteiger charge is -2.29. The first-order valence-electron chi connectivity index (χ1n) is 10.5. The summed E-state index contributed by atoms with van der Waals surface area (Å²) in [6.07, 6.45) is 5.32. The molecule has 0 bridgehead atoms. The van der Waals surface area contributed by atoms with E-state index in [0.29, 0.717) is 30.3 Å². The molecule has 0 spiro atoms. The Morgan fingerprint density at radius 1 is 1.13 bits per heavy atom. The summed E-state index contributed by atoms with van der Waals surface area (Å²) in [7, 11) is 0. The molecule has 0 aliphatic heterocycles. The predicted molar refractivity (Wildman–Crippen MR) is 114 cm³/mol. The van der Waals surface area contributed by atoms with E-state index in [0.717, 1.165) is 31.8 Å². The fourth-order valence-electron chi connectivity index (χ4n) is 3.37. The summed E-state index contributed by atoms with van der Waals surface area (Å²) >= 11 is 0. The highest BCUT2D eigenvalue weighted by Gasteiger charge is 2.23. The zero-order valence-corrected chi connectivity index (χ0v) is 17.9. The van der Waals surface area contributed by atoms with Crippen molar-refractivity contribution < 1.29 is 28.5 Å². The minimum Gasteiger partial charge on any atom is -0.460 e. The topological polar surface area (TPSA) is 71.1 Å². The molecule has 1 unspecified atom stereocenters. The SMILES string of the molecule is C=CC(=O)OC(CC)Oc1ccc(C2CCC(OCCOC(=O)C(=C)C)CC2)cc1. The molecule has 1 atom stereocenters. The fraction of sp³-hybridized carbons (Fsp3) is 0.500. The third-order valence-electron chi connectivity index (χ3n) is 5.06. The van der Waals surface area contributed by atoms with Crippen LogP contribution in [0.3, 0.4) is 0 Å². The van der Waals surface area contributed by atoms with Crippen molar-refractivity contribution in [3.8, 4) is 5.75 Å². The van der Waals surface area contributed by atoms with E-state index < -0.39 is 12.3 Å². The predicted octanol–water partition coefficient (Wildman–Crippen LogP) is 4.69. The molecule has 6 nitrogen and oxygen atoms in total. The lowest BCUT2D eigenvalue weighted by Crippen LogP contribution is -2.23. The van der Waals surface area contributed by atoms with Gasteiger partial charge >= 0.3 is 11.9 Å². The van der Waals surface area contributed by atoms with Gasteiger partial charge in [0, 0.05) is 18.1 Å². The van der Waals surface area contributed by atoms with Gasteiger partial charge in [-0.1, -0.05) is 32.2 Å². The van der Waals surface area contributed by atoms with Crippen molar-refractivity contribution in [3.63, 3.8) is 0 Å². The smallest absolute Gasteiger partial charge is 0.333 e. The van der Waals surface area contributed by atoms with Crippen LogP contribution < -0.4 is 4.74 Å². The Hall–Kier alpha value is -2.60. The highest BCUT2D eigenvalue weighted by Crippen LogP contribution is 2.34. The molecule has 6 heteroatoms. The van der Waals surface area contributed by atoms with Crippen LogP contribution in [-0.2, 0) is 23.8 Å². The molecule has 164 valence electrons. The molecular formula is C24H32O6. The van der Waals surface area contributed by atoms with Crippen LogP contribution in [0.4, 0.5) is 0 Å². The zero-order valence-electron chi connectivity index (χ0n) is 17.9. The number of esters is 2. The summed E-state index contributed by atoms with van der Waals surface area (Å²) in [6, 6.07) is 7.97. The van der Waals surface area contributed by atoms with Gasteiger partial charge in [0.2, 0.25) is 6.29 Å². The Balaban J connectivity index is 1.74. The van der Waals surface area contributed by atoms with Gasteiger partial charge in [0.1, 0.15) is 12.4 Å². The Kier molecular flexibility index (Phi) is 9.61. The molecule has 0 aromatic heterocycles. The van der Waals surface area contributed by atoms with E-state index in [9.17, 15) is 9.59 Å². The highest BCUT2D eigenvalue weighted by atomic mass is 16.7. The van der Waals surface area contributed by atoms with E-state index in [4.69, 9.17) is 18.9 Å². The Labute approximate surface area is 178 Å². The maximum absolute atomic E-state index is 11.3. The van der Waals surface area contributed by atoms with Gasteiger partial charge in [0.15, 0.2) is 0 Å². The average Bonchev–Trinajstić information content (AvgIpc) is 2.76. The molecule has 1 aromatic rings. The van der Waals surface area contributed by atoms with Gasteiger partial charge in [0.05, 0.1) is 12.7 Å². The minimum atomic E-state index is -0.622. The molecule has 2 rings (SSSR count). The first-order chi connectivity index (χ1) is 14.4. The number of hydrogen-bond acceptors (Lipinski definition) is 6. The number of benzene rings is 1. The van der Waals surface area contributed by atoms with Crippen molar-refractivity contribution >= 4 is 11.9 Å². The molecule has 0 amide bonds. The normalized spacial score (nSPS) is 19.4. The Bertz CT molecular complexity index is 716. The molecule has 1 aliphatic carbocycles. The van der Waals surface area contributed by atoms with Crippen molar-refractivity contribution in [1.82, 2.24) is 0 Å². The lowest BCUT2D eigenvalue weighted by molar-refractivity contribution is -0.157. The van der Waals surface area contributed by atoms with Crippen molar-refractivity contribution in [2.75, 3.05) is 13.2 Å². The maximum atomic E-state index is 11.3. The van der Waals surface area contributed by atoms with Gasteiger partial charge < -0.3 is 18.9 Å². The van der Waals surface area contributed by atoms with Gasteiger partial charge in [-0.2, -0.15) is 0 Å². The van der Waals surface area contributed by atoms with Crippen LogP contribution in [0.5, 0.6) is 5.75 Å². The summed E-state index contributed by atoms with van der Waals surface area (Å²) in [4.78, 5) is 22.7. The lowest BCUT2D eigenvalue weighted by atomic mass is 9.83. The Morgan fingerprint density at radius 2 is 1.80 bits per heavy atom. The van der Waals surface area contributed by atoms with E-state index in [1.54, 1.807) is 6.92 Å². The highest BCUT2D eigenvalue weighted by molar-refractivity contribution is 5.86. The number of rotatable bonds is 11. The first-order valence-corrected chi connectivity index (χ1v) is 10.5. The summed E-state index contributed by atoms with van der Waals surface area (Å²) in [5, 5.41) is 0. The van der Waals surface area contributed by atoms with Gasteiger partial charge in [0.25, 0.3) is 0 Å². The van der Waals surface area contributed by atoms with Gasteiger partial charge in [-0.05, 0) is 56.2 Å². The molecule has 1 saturated carbocycles. The maximum Gasteiger partial charge on any atom is 0.333 e. The summed E-state index contributed by atoms with van der Waals surface area (Å²) in [6.45, 7) is 11.1. The summed E-state index contributed by atoms with van der Waals surface area (Å²) < 4.78 is 21.8. The second-order valence-corrected chi connectivity index (χ2v) is 7.43. The molecule has 1 fully saturated rings. The number of carbonyl (C=O) groups excluding carboxylic acids is 2. The number of ether oxygens (including phenoxy) is 4. The van der Waals surface area contributed by atoms with Crippen molar-refractivity contribution in [2.24, 2.45) is 0 Å². The van der Waals surface area contributed by atoms with Crippen molar-refractivity contribution in [2.45, 2.75) is 64.3 Å². The molecule has 0 saturated heterocycles. The van der Waals surface area contributed by atoms with Crippen LogP contribution in [0.2, 0.25) is 0 Å². The van der Waals surface area contributed by atoms with Gasteiger partial charge in [-0.15, -0.1) is 0 Å². The van der Waals surface area contributed by atoms with E-state index in [1.165, 1.54) is 5.56 Å². The largest absolute Gasteiger partial charge is 0.460 e. The van der Waals surface area contributed by atoms with Crippen LogP contribution in [0.15, 0.2) is 49.1 Å². The third-order valence-corrected chi connectivity index (χ3v) is 5.06. The molecule has 0 N–H and O–H groups in total. The van der Waals surface area contributed by atoms with Crippen LogP contribution in [0.1, 0.15) is 57.4 Å². The zero-order chi connectivity index (χ0) is 21.9. The second-order valence-electron chi connectivity index (χ2n) is 7.43. The van der Waals surface area contributed by atoms with Crippen LogP contribution >= 0.6 is 0 Å². The standard InChI is InChI=1S/C24H32O6/c1-5-22(25)30-23(6-2)29-21-13-9-19(10-14-21)18-7-11-20(12-8-18)27-15-16-28-24(26)17(3)4/h5,9-10,13-14,18,20,23H,1,3,6-8,11-12,15-16H2,2,4H3. The van der Waals surface area contributed by atoms with E-state index in [-0.39, 0.29) is 18.7 Å². The number of carbonyl (C=O) groups is 2. The van der Waals surface area contributed by atoms with Crippen LogP contribution in [-0.4, -0.2) is 37.5 Å². The molecule has 0 heterocycles. The molecule has 0 radical (unpaired) electrons. The molecular weight excluding hydrogens is 384 g/mol. The van der Waals surface area contributed by atoms with Gasteiger partial charge in [-0.3, -0.25) is 0 Å². The molecule has 1 aromatic carbocycles. The quantitative estimate of drug-likeness (QED) is 0.225. The molecule has 30 heavy (non-hydrogen) atoms.